The summed E-state index contributed by atoms with van der Waals surface area (Å²) in [5.74, 6) is -0.195. The maximum Gasteiger partial charge on any atom is 0.306 e. The summed E-state index contributed by atoms with van der Waals surface area (Å²) in [6.45, 7) is 5.37. The van der Waals surface area contributed by atoms with E-state index in [-0.39, 0.29) is 12.6 Å². The molecule has 0 aliphatic rings. The summed E-state index contributed by atoms with van der Waals surface area (Å²) in [7, 11) is 0. The third kappa shape index (κ3) is 47.2. The molecule has 56 heavy (non-hydrogen) atoms. The quantitative estimate of drug-likeness (QED) is 0.0379. The Balaban J connectivity index is 3.36. The van der Waals surface area contributed by atoms with Crippen LogP contribution in [0.3, 0.4) is 0 Å². The fourth-order valence-electron chi connectivity index (χ4n) is 7.71. The van der Waals surface area contributed by atoms with Crippen LogP contribution in [0.2, 0.25) is 0 Å². The van der Waals surface area contributed by atoms with E-state index in [1.165, 1.54) is 231 Å². The largest absolute Gasteiger partial charge is 0.457 e. The molecule has 0 amide bonds. The highest BCUT2D eigenvalue weighted by Crippen LogP contribution is 2.17. The van der Waals surface area contributed by atoms with Crippen molar-refractivity contribution in [1.29, 1.82) is 0 Å². The van der Waals surface area contributed by atoms with Crippen LogP contribution in [-0.2, 0) is 14.3 Å². The van der Waals surface area contributed by atoms with Gasteiger partial charge in [-0.2, -0.15) is 0 Å². The van der Waals surface area contributed by atoms with Crippen molar-refractivity contribution >= 4 is 5.97 Å². The van der Waals surface area contributed by atoms with E-state index in [1.54, 1.807) is 0 Å². The minimum Gasteiger partial charge on any atom is -0.457 e. The fourth-order valence-corrected chi connectivity index (χ4v) is 7.71. The number of aliphatic hydroxyl groups excluding tert-OH is 1. The molecule has 0 aliphatic carbocycles. The van der Waals surface area contributed by atoms with Gasteiger partial charge in [-0.3, -0.25) is 4.79 Å². The molecule has 4 heteroatoms. The molecule has 0 radical (unpaired) electrons. The van der Waals surface area contributed by atoms with Gasteiger partial charge in [0.2, 0.25) is 0 Å². The molecule has 0 aromatic carbocycles. The fraction of sp³-hybridized carbons (Fsp3) is 0.904. The van der Waals surface area contributed by atoms with Gasteiger partial charge in [0.25, 0.3) is 0 Å². The molecular formula is C52H100O4. The van der Waals surface area contributed by atoms with Crippen molar-refractivity contribution in [2.45, 2.75) is 283 Å². The van der Waals surface area contributed by atoms with E-state index in [4.69, 9.17) is 9.47 Å². The number of aliphatic hydroxyl groups is 1. The van der Waals surface area contributed by atoms with Crippen molar-refractivity contribution in [2.75, 3.05) is 19.8 Å². The smallest absolute Gasteiger partial charge is 0.306 e. The van der Waals surface area contributed by atoms with Crippen LogP contribution < -0.4 is 0 Å². The second kappa shape index (κ2) is 50.0. The van der Waals surface area contributed by atoms with Crippen molar-refractivity contribution in [3.8, 4) is 0 Å². The van der Waals surface area contributed by atoms with Crippen molar-refractivity contribution in [1.82, 2.24) is 0 Å². The van der Waals surface area contributed by atoms with E-state index in [2.05, 4.69) is 38.2 Å². The zero-order valence-electron chi connectivity index (χ0n) is 38.2. The van der Waals surface area contributed by atoms with Crippen LogP contribution >= 0.6 is 0 Å². The van der Waals surface area contributed by atoms with Crippen LogP contribution in [0, 0.1) is 0 Å². The lowest BCUT2D eigenvalue weighted by Gasteiger charge is -2.16. The standard InChI is InChI=1S/C52H100O4/c1-3-5-7-9-11-13-15-17-19-21-23-25-26-27-28-29-31-33-35-37-39-41-43-45-47-52(54)56-51(49-53)50-55-48-46-44-42-40-38-36-34-32-30-24-22-20-18-16-14-12-10-8-6-4-2/h12,14,18,20,51,53H,3-11,13,15-17,19,21-50H2,1-2H3/b14-12-,20-18-. The average molecular weight is 789 g/mol. The first-order chi connectivity index (χ1) is 27.7. The molecule has 0 bridgehead atoms. The van der Waals surface area contributed by atoms with Crippen LogP contribution in [0.5, 0.6) is 0 Å². The minimum absolute atomic E-state index is 0.168. The Hall–Kier alpha value is -1.13. The molecule has 0 fully saturated rings. The van der Waals surface area contributed by atoms with E-state index in [0.29, 0.717) is 19.6 Å². The number of ether oxygens (including phenoxy) is 2. The Labute approximate surface area is 351 Å². The molecule has 0 heterocycles. The number of rotatable bonds is 48. The van der Waals surface area contributed by atoms with Gasteiger partial charge >= 0.3 is 5.97 Å². The van der Waals surface area contributed by atoms with Crippen molar-refractivity contribution in [3.05, 3.63) is 24.3 Å². The van der Waals surface area contributed by atoms with E-state index in [0.717, 1.165) is 25.7 Å². The molecule has 0 saturated heterocycles. The zero-order chi connectivity index (χ0) is 40.5. The van der Waals surface area contributed by atoms with Gasteiger partial charge in [-0.05, 0) is 44.9 Å². The molecule has 1 atom stereocenters. The number of hydrogen-bond donors (Lipinski definition) is 1. The number of carbonyl (C=O) groups excluding carboxylic acids is 1. The van der Waals surface area contributed by atoms with Crippen LogP contribution in [0.4, 0.5) is 0 Å². The van der Waals surface area contributed by atoms with Crippen molar-refractivity contribution < 1.29 is 19.4 Å². The third-order valence-electron chi connectivity index (χ3n) is 11.5. The van der Waals surface area contributed by atoms with E-state index in [1.807, 2.05) is 0 Å². The molecule has 0 saturated carbocycles. The SMILES string of the molecule is CCCCC/C=C\C/C=C\CCCCCCCCCCCCOCC(CO)OC(=O)CCCCCCCCCCCCCCCCCCCCCCCCCC. The Morgan fingerprint density at radius 1 is 0.429 bits per heavy atom. The molecule has 0 aromatic rings. The van der Waals surface area contributed by atoms with Gasteiger partial charge in [0.05, 0.1) is 13.2 Å². The minimum atomic E-state index is -0.532. The Bertz CT molecular complexity index is 792. The van der Waals surface area contributed by atoms with Crippen LogP contribution in [0.25, 0.3) is 0 Å². The number of esters is 1. The second-order valence-corrected chi connectivity index (χ2v) is 17.2. The maximum atomic E-state index is 12.3. The van der Waals surface area contributed by atoms with Gasteiger partial charge in [0.15, 0.2) is 0 Å². The van der Waals surface area contributed by atoms with Crippen LogP contribution in [-0.4, -0.2) is 37.0 Å². The first-order valence-electron chi connectivity index (χ1n) is 25.4. The highest BCUT2D eigenvalue weighted by atomic mass is 16.6. The first kappa shape index (κ1) is 54.9. The Morgan fingerprint density at radius 3 is 1.14 bits per heavy atom. The predicted molar refractivity (Wildman–Crippen MR) is 247 cm³/mol. The number of allylic oxidation sites excluding steroid dienone is 4. The summed E-state index contributed by atoms with van der Waals surface area (Å²) < 4.78 is 11.2. The van der Waals surface area contributed by atoms with Gasteiger partial charge in [-0.1, -0.05) is 250 Å². The molecule has 1 unspecified atom stereocenters. The van der Waals surface area contributed by atoms with Crippen molar-refractivity contribution in [3.63, 3.8) is 0 Å². The summed E-state index contributed by atoms with van der Waals surface area (Å²) in [6, 6.07) is 0. The summed E-state index contributed by atoms with van der Waals surface area (Å²) in [4.78, 5) is 12.3. The molecule has 0 aromatic heterocycles. The van der Waals surface area contributed by atoms with Crippen LogP contribution in [0.15, 0.2) is 24.3 Å². The van der Waals surface area contributed by atoms with Gasteiger partial charge in [-0.15, -0.1) is 0 Å². The van der Waals surface area contributed by atoms with Gasteiger partial charge in [-0.25, -0.2) is 0 Å². The monoisotopic (exact) mass is 789 g/mol. The number of carbonyl (C=O) groups is 1. The third-order valence-corrected chi connectivity index (χ3v) is 11.5. The highest BCUT2D eigenvalue weighted by Gasteiger charge is 2.13. The predicted octanol–water partition coefficient (Wildman–Crippen LogP) is 17.1. The van der Waals surface area contributed by atoms with Gasteiger partial charge < -0.3 is 14.6 Å². The Kier molecular flexibility index (Phi) is 49.0. The van der Waals surface area contributed by atoms with Gasteiger partial charge in [0, 0.05) is 13.0 Å². The van der Waals surface area contributed by atoms with Crippen molar-refractivity contribution in [2.24, 2.45) is 0 Å². The zero-order valence-corrected chi connectivity index (χ0v) is 38.2. The molecule has 0 spiro atoms. The lowest BCUT2D eigenvalue weighted by atomic mass is 10.0. The summed E-state index contributed by atoms with van der Waals surface area (Å²) >= 11 is 0. The number of hydrogen-bond acceptors (Lipinski definition) is 4. The number of unbranched alkanes of at least 4 members (excludes halogenated alkanes) is 36. The van der Waals surface area contributed by atoms with E-state index in [9.17, 15) is 9.90 Å². The summed E-state index contributed by atoms with van der Waals surface area (Å²) in [5, 5.41) is 9.65. The topological polar surface area (TPSA) is 55.8 Å². The molecule has 0 aliphatic heterocycles. The van der Waals surface area contributed by atoms with E-state index >= 15 is 0 Å². The summed E-state index contributed by atoms with van der Waals surface area (Å²) in [5.41, 5.74) is 0. The molecule has 332 valence electrons. The second-order valence-electron chi connectivity index (χ2n) is 17.2. The van der Waals surface area contributed by atoms with Gasteiger partial charge in [0.1, 0.15) is 6.10 Å². The first-order valence-corrected chi connectivity index (χ1v) is 25.4. The average Bonchev–Trinajstić information content (AvgIpc) is 3.20. The lowest BCUT2D eigenvalue weighted by molar-refractivity contribution is -0.154. The molecule has 1 N–H and O–H groups in total. The lowest BCUT2D eigenvalue weighted by Crippen LogP contribution is -2.27. The molecule has 4 nitrogen and oxygen atoms in total. The molecule has 0 rings (SSSR count). The molecular weight excluding hydrogens is 689 g/mol. The van der Waals surface area contributed by atoms with Crippen LogP contribution in [0.1, 0.15) is 277 Å². The summed E-state index contributed by atoms with van der Waals surface area (Å²) in [6.07, 6.45) is 62.7. The maximum absolute atomic E-state index is 12.3. The van der Waals surface area contributed by atoms with E-state index < -0.39 is 6.10 Å². The Morgan fingerprint density at radius 2 is 0.750 bits per heavy atom. The highest BCUT2D eigenvalue weighted by molar-refractivity contribution is 5.69. The normalized spacial score (nSPS) is 12.4.